The van der Waals surface area contributed by atoms with Gasteiger partial charge in [-0.3, -0.25) is 9.59 Å². The van der Waals surface area contributed by atoms with Gasteiger partial charge >= 0.3 is 11.9 Å². The third-order valence-electron chi connectivity index (χ3n) is 1.82. The molecule has 0 bridgehead atoms. The maximum Gasteiger partial charge on any atom is 0.302 e. The zero-order chi connectivity index (χ0) is 13.3. The van der Waals surface area contributed by atoms with Crippen LogP contribution in [0.4, 0.5) is 4.39 Å². The van der Waals surface area contributed by atoms with Crippen LogP contribution >= 0.6 is 12.0 Å². The summed E-state index contributed by atoms with van der Waals surface area (Å²) in [5, 5.41) is 0. The highest BCUT2D eigenvalue weighted by Crippen LogP contribution is 2.19. The molecule has 5 nitrogen and oxygen atoms in total. The van der Waals surface area contributed by atoms with Gasteiger partial charge in [0.15, 0.2) is 5.67 Å². The SMILES string of the molecule is CSOCCC(F)(COC(C)=O)COC(C)=O. The highest BCUT2D eigenvalue weighted by Gasteiger charge is 2.33. The van der Waals surface area contributed by atoms with Crippen molar-refractivity contribution in [1.29, 1.82) is 0 Å². The average Bonchev–Trinajstić information content (AvgIpc) is 2.24. The van der Waals surface area contributed by atoms with Gasteiger partial charge in [-0.15, -0.1) is 0 Å². The topological polar surface area (TPSA) is 61.8 Å². The molecule has 0 heterocycles. The molecular formula is C10H17FO5S. The predicted octanol–water partition coefficient (Wildman–Crippen LogP) is 1.51. The number of rotatable bonds is 8. The summed E-state index contributed by atoms with van der Waals surface area (Å²) in [6.07, 6.45) is 1.69. The molecule has 0 aliphatic heterocycles. The fourth-order valence-corrected chi connectivity index (χ4v) is 1.21. The minimum absolute atomic E-state index is 0.0194. The first kappa shape index (κ1) is 16.2. The number of esters is 2. The van der Waals surface area contributed by atoms with Crippen molar-refractivity contribution >= 4 is 24.0 Å². The first-order chi connectivity index (χ1) is 7.89. The zero-order valence-electron chi connectivity index (χ0n) is 10.2. The quantitative estimate of drug-likeness (QED) is 0.378. The van der Waals surface area contributed by atoms with Crippen LogP contribution in [0, 0.1) is 0 Å². The van der Waals surface area contributed by atoms with Crippen molar-refractivity contribution in [1.82, 2.24) is 0 Å². The molecule has 7 heteroatoms. The molecule has 0 aromatic rings. The fraction of sp³-hybridized carbons (Fsp3) is 0.800. The van der Waals surface area contributed by atoms with Crippen LogP contribution in [0.25, 0.3) is 0 Å². The number of carbonyl (C=O) groups excluding carboxylic acids is 2. The Morgan fingerprint density at radius 1 is 1.18 bits per heavy atom. The molecule has 0 aliphatic rings. The van der Waals surface area contributed by atoms with Gasteiger partial charge in [0.1, 0.15) is 13.2 Å². The Morgan fingerprint density at radius 2 is 1.65 bits per heavy atom. The van der Waals surface area contributed by atoms with Crippen LogP contribution in [0.2, 0.25) is 0 Å². The van der Waals surface area contributed by atoms with E-state index in [2.05, 4.69) is 9.47 Å². The largest absolute Gasteiger partial charge is 0.462 e. The van der Waals surface area contributed by atoms with E-state index in [0.29, 0.717) is 0 Å². The molecule has 0 fully saturated rings. The molecule has 0 N–H and O–H groups in total. The third kappa shape index (κ3) is 8.93. The van der Waals surface area contributed by atoms with Crippen molar-refractivity contribution in [2.45, 2.75) is 25.9 Å². The maximum absolute atomic E-state index is 14.2. The lowest BCUT2D eigenvalue weighted by atomic mass is 10.1. The van der Waals surface area contributed by atoms with E-state index in [-0.39, 0.29) is 13.0 Å². The summed E-state index contributed by atoms with van der Waals surface area (Å²) in [6, 6.07) is 0. The summed E-state index contributed by atoms with van der Waals surface area (Å²) < 4.78 is 28.3. The Kier molecular flexibility index (Phi) is 7.90. The van der Waals surface area contributed by atoms with E-state index in [0.717, 1.165) is 12.0 Å². The van der Waals surface area contributed by atoms with Crippen LogP contribution in [0.3, 0.4) is 0 Å². The van der Waals surface area contributed by atoms with Crippen LogP contribution in [-0.4, -0.2) is 43.7 Å². The number of carbonyl (C=O) groups is 2. The van der Waals surface area contributed by atoms with Crippen LogP contribution in [-0.2, 0) is 23.2 Å². The van der Waals surface area contributed by atoms with E-state index in [4.69, 9.17) is 4.18 Å². The lowest BCUT2D eigenvalue weighted by Crippen LogP contribution is -2.37. The lowest BCUT2D eigenvalue weighted by Gasteiger charge is -2.23. The van der Waals surface area contributed by atoms with Gasteiger partial charge in [0, 0.05) is 26.5 Å². The number of halogens is 1. The second kappa shape index (κ2) is 8.30. The van der Waals surface area contributed by atoms with E-state index in [1.165, 1.54) is 13.8 Å². The molecule has 0 aliphatic carbocycles. The second-order valence-corrected chi connectivity index (χ2v) is 4.02. The van der Waals surface area contributed by atoms with Gasteiger partial charge in [0.25, 0.3) is 0 Å². The Hall–Kier alpha value is -0.820. The van der Waals surface area contributed by atoms with Crippen LogP contribution in [0.1, 0.15) is 20.3 Å². The van der Waals surface area contributed by atoms with Crippen molar-refractivity contribution in [3.63, 3.8) is 0 Å². The van der Waals surface area contributed by atoms with Crippen molar-refractivity contribution in [3.8, 4) is 0 Å². The molecular weight excluding hydrogens is 251 g/mol. The van der Waals surface area contributed by atoms with E-state index < -0.39 is 30.8 Å². The van der Waals surface area contributed by atoms with Gasteiger partial charge in [-0.1, -0.05) is 0 Å². The van der Waals surface area contributed by atoms with E-state index >= 15 is 0 Å². The molecule has 0 radical (unpaired) electrons. The summed E-state index contributed by atoms with van der Waals surface area (Å²) in [7, 11) is 0. The van der Waals surface area contributed by atoms with Crippen molar-refractivity contribution in [2.24, 2.45) is 0 Å². The summed E-state index contributed by atoms with van der Waals surface area (Å²) in [4.78, 5) is 21.3. The van der Waals surface area contributed by atoms with Crippen LogP contribution in [0.15, 0.2) is 0 Å². The normalized spacial score (nSPS) is 11.1. The van der Waals surface area contributed by atoms with E-state index in [9.17, 15) is 14.0 Å². The molecule has 0 saturated carbocycles. The number of alkyl halides is 1. The van der Waals surface area contributed by atoms with Crippen LogP contribution in [0.5, 0.6) is 0 Å². The van der Waals surface area contributed by atoms with E-state index in [1.54, 1.807) is 6.26 Å². The average molecular weight is 268 g/mol. The highest BCUT2D eigenvalue weighted by atomic mass is 32.2. The molecule has 0 atom stereocenters. The van der Waals surface area contributed by atoms with Crippen molar-refractivity contribution in [2.75, 3.05) is 26.1 Å². The molecule has 17 heavy (non-hydrogen) atoms. The number of hydrogen-bond acceptors (Lipinski definition) is 6. The third-order valence-corrected chi connectivity index (χ3v) is 2.22. The van der Waals surface area contributed by atoms with Gasteiger partial charge in [-0.05, 0) is 12.0 Å². The second-order valence-electron chi connectivity index (χ2n) is 3.45. The Bertz CT molecular complexity index is 241. The Balaban J connectivity index is 4.22. The number of hydrogen-bond donors (Lipinski definition) is 0. The predicted molar refractivity (Wildman–Crippen MR) is 61.2 cm³/mol. The van der Waals surface area contributed by atoms with Crippen LogP contribution < -0.4 is 0 Å². The molecule has 0 aromatic carbocycles. The van der Waals surface area contributed by atoms with Gasteiger partial charge in [-0.2, -0.15) is 0 Å². The van der Waals surface area contributed by atoms with Gasteiger partial charge in [0.2, 0.25) is 0 Å². The fourth-order valence-electron chi connectivity index (χ4n) is 0.956. The monoisotopic (exact) mass is 268 g/mol. The minimum atomic E-state index is -1.91. The molecule has 0 amide bonds. The Morgan fingerprint density at radius 3 is 2.00 bits per heavy atom. The summed E-state index contributed by atoms with van der Waals surface area (Å²) >= 11 is 1.11. The van der Waals surface area contributed by atoms with Gasteiger partial charge in [0.05, 0.1) is 6.61 Å². The van der Waals surface area contributed by atoms with Crippen molar-refractivity contribution < 1.29 is 27.6 Å². The lowest BCUT2D eigenvalue weighted by molar-refractivity contribution is -0.153. The maximum atomic E-state index is 14.2. The first-order valence-corrected chi connectivity index (χ1v) is 6.16. The highest BCUT2D eigenvalue weighted by molar-refractivity contribution is 7.93. The standard InChI is InChI=1S/C10H17FO5S/c1-8(12)14-6-10(11,4-5-16-17-3)7-15-9(2)13/h4-7H2,1-3H3. The summed E-state index contributed by atoms with van der Waals surface area (Å²) in [6.45, 7) is 1.61. The molecule has 0 unspecified atom stereocenters. The summed E-state index contributed by atoms with van der Waals surface area (Å²) in [5.41, 5.74) is -1.91. The number of ether oxygens (including phenoxy) is 2. The Labute approximate surface area is 104 Å². The van der Waals surface area contributed by atoms with Gasteiger partial charge < -0.3 is 13.7 Å². The van der Waals surface area contributed by atoms with Crippen molar-refractivity contribution in [3.05, 3.63) is 0 Å². The molecule has 0 rings (SSSR count). The molecule has 0 spiro atoms. The molecule has 0 saturated heterocycles. The molecule has 0 aromatic heterocycles. The van der Waals surface area contributed by atoms with Gasteiger partial charge in [-0.25, -0.2) is 4.39 Å². The summed E-state index contributed by atoms with van der Waals surface area (Å²) in [5.74, 6) is -1.17. The first-order valence-electron chi connectivity index (χ1n) is 5.01. The van der Waals surface area contributed by atoms with E-state index in [1.807, 2.05) is 0 Å². The molecule has 100 valence electrons. The zero-order valence-corrected chi connectivity index (χ0v) is 11.0. The smallest absolute Gasteiger partial charge is 0.302 e. The minimum Gasteiger partial charge on any atom is -0.462 e.